The maximum absolute atomic E-state index is 12.8. The molecule has 0 radical (unpaired) electrons. The fourth-order valence-electron chi connectivity index (χ4n) is 2.72. The monoisotopic (exact) mass is 392 g/mol. The lowest BCUT2D eigenvalue weighted by atomic mass is 10.1. The molecule has 1 N–H and O–H groups in total. The number of rotatable bonds is 8. The summed E-state index contributed by atoms with van der Waals surface area (Å²) < 4.78 is 36.3. The zero-order valence-electron chi connectivity index (χ0n) is 15.8. The van der Waals surface area contributed by atoms with Crippen molar-refractivity contribution in [1.29, 1.82) is 0 Å². The molecular formula is C19H24N2O5S. The van der Waals surface area contributed by atoms with Gasteiger partial charge >= 0.3 is 0 Å². The first-order valence-electron chi connectivity index (χ1n) is 8.38. The molecule has 0 fully saturated rings. The van der Waals surface area contributed by atoms with Gasteiger partial charge in [0, 0.05) is 11.8 Å². The zero-order valence-corrected chi connectivity index (χ0v) is 16.6. The van der Waals surface area contributed by atoms with Gasteiger partial charge in [-0.1, -0.05) is 13.0 Å². The molecule has 0 heterocycles. The van der Waals surface area contributed by atoms with Crippen LogP contribution in [0.4, 0.5) is 11.4 Å². The Kier molecular flexibility index (Phi) is 6.68. The van der Waals surface area contributed by atoms with Crippen LogP contribution in [0.15, 0.2) is 48.5 Å². The minimum atomic E-state index is -3.69. The number of hydrogen-bond acceptors (Lipinski definition) is 5. The molecule has 0 unspecified atom stereocenters. The average molecular weight is 392 g/mol. The van der Waals surface area contributed by atoms with Gasteiger partial charge in [0.2, 0.25) is 15.9 Å². The van der Waals surface area contributed by atoms with E-state index in [2.05, 4.69) is 5.32 Å². The molecule has 0 spiro atoms. The van der Waals surface area contributed by atoms with Gasteiger partial charge in [-0.05, 0) is 42.8 Å². The SMILES string of the molecule is CC[C@@H](C(=O)Nc1cccc(OC)c1)N(c1ccc(OC)cc1)S(C)(=O)=O. The van der Waals surface area contributed by atoms with Gasteiger partial charge in [0.1, 0.15) is 17.5 Å². The van der Waals surface area contributed by atoms with Crippen molar-refractivity contribution in [2.24, 2.45) is 0 Å². The Morgan fingerprint density at radius 3 is 2.22 bits per heavy atom. The second-order valence-corrected chi connectivity index (χ2v) is 7.76. The normalized spacial score (nSPS) is 12.1. The molecule has 0 aliphatic carbocycles. The number of nitrogens with zero attached hydrogens (tertiary/aromatic N) is 1. The molecule has 2 rings (SSSR count). The Bertz CT molecular complexity index is 881. The van der Waals surface area contributed by atoms with Crippen LogP contribution in [0.25, 0.3) is 0 Å². The lowest BCUT2D eigenvalue weighted by Crippen LogP contribution is -2.46. The molecule has 0 saturated heterocycles. The van der Waals surface area contributed by atoms with Gasteiger partial charge in [-0.2, -0.15) is 0 Å². The van der Waals surface area contributed by atoms with E-state index >= 15 is 0 Å². The highest BCUT2D eigenvalue weighted by Crippen LogP contribution is 2.26. The summed E-state index contributed by atoms with van der Waals surface area (Å²) in [5, 5.41) is 2.76. The number of ether oxygens (including phenoxy) is 2. The van der Waals surface area contributed by atoms with E-state index in [9.17, 15) is 13.2 Å². The van der Waals surface area contributed by atoms with Gasteiger partial charge in [0.15, 0.2) is 0 Å². The largest absolute Gasteiger partial charge is 0.497 e. The van der Waals surface area contributed by atoms with E-state index in [1.807, 2.05) is 0 Å². The van der Waals surface area contributed by atoms with Gasteiger partial charge in [0.25, 0.3) is 0 Å². The Labute approximate surface area is 160 Å². The van der Waals surface area contributed by atoms with Crippen LogP contribution in [-0.4, -0.2) is 40.8 Å². The summed E-state index contributed by atoms with van der Waals surface area (Å²) >= 11 is 0. The van der Waals surface area contributed by atoms with Crippen molar-refractivity contribution in [1.82, 2.24) is 0 Å². The summed E-state index contributed by atoms with van der Waals surface area (Å²) in [4.78, 5) is 12.8. The first-order valence-corrected chi connectivity index (χ1v) is 10.2. The molecule has 0 bridgehead atoms. The second-order valence-electron chi connectivity index (χ2n) is 5.90. The predicted molar refractivity (Wildman–Crippen MR) is 106 cm³/mol. The molecule has 0 aliphatic rings. The highest BCUT2D eigenvalue weighted by molar-refractivity contribution is 7.92. The van der Waals surface area contributed by atoms with Crippen LogP contribution < -0.4 is 19.1 Å². The van der Waals surface area contributed by atoms with Crippen molar-refractivity contribution in [3.05, 3.63) is 48.5 Å². The van der Waals surface area contributed by atoms with Gasteiger partial charge in [0.05, 0.1) is 26.2 Å². The summed E-state index contributed by atoms with van der Waals surface area (Å²) in [6.07, 6.45) is 1.38. The van der Waals surface area contributed by atoms with Crippen LogP contribution in [0.3, 0.4) is 0 Å². The van der Waals surface area contributed by atoms with Crippen molar-refractivity contribution >= 4 is 27.3 Å². The maximum Gasteiger partial charge on any atom is 0.248 e. The van der Waals surface area contributed by atoms with E-state index in [0.29, 0.717) is 29.3 Å². The average Bonchev–Trinajstić information content (AvgIpc) is 2.65. The van der Waals surface area contributed by atoms with E-state index < -0.39 is 22.0 Å². The number of carbonyl (C=O) groups is 1. The molecule has 1 amide bonds. The number of carbonyl (C=O) groups excluding carboxylic acids is 1. The predicted octanol–water partition coefficient (Wildman–Crippen LogP) is 2.89. The third kappa shape index (κ3) is 5.13. The van der Waals surface area contributed by atoms with E-state index in [0.717, 1.165) is 10.6 Å². The topological polar surface area (TPSA) is 84.9 Å². The van der Waals surface area contributed by atoms with Gasteiger partial charge < -0.3 is 14.8 Å². The second kappa shape index (κ2) is 8.77. The Morgan fingerprint density at radius 2 is 1.70 bits per heavy atom. The third-order valence-electron chi connectivity index (χ3n) is 3.99. The molecule has 7 nitrogen and oxygen atoms in total. The molecule has 8 heteroatoms. The molecule has 1 atom stereocenters. The van der Waals surface area contributed by atoms with Crippen LogP contribution in [0.5, 0.6) is 11.5 Å². The summed E-state index contributed by atoms with van der Waals surface area (Å²) in [6, 6.07) is 12.5. The quantitative estimate of drug-likeness (QED) is 0.747. The zero-order chi connectivity index (χ0) is 20.0. The molecule has 146 valence electrons. The van der Waals surface area contributed by atoms with Crippen LogP contribution >= 0.6 is 0 Å². The number of nitrogens with one attached hydrogen (secondary N) is 1. The van der Waals surface area contributed by atoms with E-state index in [1.165, 1.54) is 14.2 Å². The Balaban J connectivity index is 2.34. The Hall–Kier alpha value is -2.74. The fourth-order valence-corrected chi connectivity index (χ4v) is 3.93. The first-order chi connectivity index (χ1) is 12.8. The van der Waals surface area contributed by atoms with Gasteiger partial charge in [-0.15, -0.1) is 0 Å². The number of benzene rings is 2. The van der Waals surface area contributed by atoms with Crippen LogP contribution in [0.2, 0.25) is 0 Å². The standard InChI is InChI=1S/C19H24N2O5S/c1-5-18(19(22)20-14-7-6-8-17(13-14)26-3)21(27(4,23)24)15-9-11-16(25-2)12-10-15/h6-13,18H,5H2,1-4H3,(H,20,22)/t18-/m0/s1. The molecular weight excluding hydrogens is 368 g/mol. The van der Waals surface area contributed by atoms with Crippen molar-refractivity contribution in [3.8, 4) is 11.5 Å². The first kappa shape index (κ1) is 20.6. The third-order valence-corrected chi connectivity index (χ3v) is 5.17. The van der Waals surface area contributed by atoms with Gasteiger partial charge in [-0.3, -0.25) is 9.10 Å². The molecule has 0 aromatic heterocycles. The highest BCUT2D eigenvalue weighted by Gasteiger charge is 2.31. The fraction of sp³-hybridized carbons (Fsp3) is 0.316. The minimum absolute atomic E-state index is 0.300. The van der Waals surface area contributed by atoms with E-state index in [1.54, 1.807) is 55.5 Å². The van der Waals surface area contributed by atoms with Crippen molar-refractivity contribution in [2.45, 2.75) is 19.4 Å². The van der Waals surface area contributed by atoms with Crippen LogP contribution in [0.1, 0.15) is 13.3 Å². The molecule has 2 aromatic carbocycles. The van der Waals surface area contributed by atoms with E-state index in [4.69, 9.17) is 9.47 Å². The summed E-state index contributed by atoms with van der Waals surface area (Å²) in [7, 11) is -0.632. The highest BCUT2D eigenvalue weighted by atomic mass is 32.2. The van der Waals surface area contributed by atoms with Crippen molar-refractivity contribution < 1.29 is 22.7 Å². The smallest absolute Gasteiger partial charge is 0.248 e. The van der Waals surface area contributed by atoms with Gasteiger partial charge in [-0.25, -0.2) is 8.42 Å². The van der Waals surface area contributed by atoms with Crippen LogP contribution in [0, 0.1) is 0 Å². The molecule has 0 saturated carbocycles. The van der Waals surface area contributed by atoms with Crippen molar-refractivity contribution in [2.75, 3.05) is 30.1 Å². The van der Waals surface area contributed by atoms with E-state index in [-0.39, 0.29) is 0 Å². The lowest BCUT2D eigenvalue weighted by Gasteiger charge is -2.30. The number of methoxy groups -OCH3 is 2. The Morgan fingerprint density at radius 1 is 1.07 bits per heavy atom. The summed E-state index contributed by atoms with van der Waals surface area (Å²) in [5.41, 5.74) is 0.923. The van der Waals surface area contributed by atoms with Crippen molar-refractivity contribution in [3.63, 3.8) is 0 Å². The molecule has 2 aromatic rings. The molecule has 0 aliphatic heterocycles. The summed E-state index contributed by atoms with van der Waals surface area (Å²) in [6.45, 7) is 1.76. The number of hydrogen-bond donors (Lipinski definition) is 1. The summed E-state index contributed by atoms with van der Waals surface area (Å²) in [5.74, 6) is 0.768. The number of sulfonamides is 1. The lowest BCUT2D eigenvalue weighted by molar-refractivity contribution is -0.117. The maximum atomic E-state index is 12.8. The minimum Gasteiger partial charge on any atom is -0.497 e. The molecule has 27 heavy (non-hydrogen) atoms. The number of amides is 1. The number of anilines is 2. The van der Waals surface area contributed by atoms with Crippen LogP contribution in [-0.2, 0) is 14.8 Å².